The van der Waals surface area contributed by atoms with Crippen molar-refractivity contribution in [3.8, 4) is 0 Å². The molecule has 2 aromatic rings. The van der Waals surface area contributed by atoms with Gasteiger partial charge in [-0.25, -0.2) is 4.39 Å². The maximum atomic E-state index is 13.5. The third kappa shape index (κ3) is 3.43. The molecule has 0 aliphatic carbocycles. The Bertz CT molecular complexity index is 627. The fourth-order valence-electron chi connectivity index (χ4n) is 2.75. The number of carbonyl (C=O) groups excluding carboxylic acids is 1. The van der Waals surface area contributed by atoms with Gasteiger partial charge in [-0.1, -0.05) is 13.8 Å². The number of hydrogen-bond acceptors (Lipinski definition) is 1. The molecule has 3 nitrogen and oxygen atoms in total. The first kappa shape index (κ1) is 15.5. The van der Waals surface area contributed by atoms with Crippen LogP contribution in [0.15, 0.2) is 18.2 Å². The Morgan fingerprint density at radius 2 is 1.90 bits per heavy atom. The van der Waals surface area contributed by atoms with E-state index in [1.54, 1.807) is 6.07 Å². The summed E-state index contributed by atoms with van der Waals surface area (Å²) in [6.45, 7) is 7.64. The zero-order valence-electron chi connectivity index (χ0n) is 13.0. The van der Waals surface area contributed by atoms with Gasteiger partial charge in [-0.05, 0) is 43.5 Å². The molecule has 0 spiro atoms. The fraction of sp³-hybridized carbons (Fsp3) is 0.471. The molecule has 1 aromatic carbocycles. The van der Waals surface area contributed by atoms with E-state index in [2.05, 4.69) is 18.8 Å². The number of nitrogens with zero attached hydrogens (tertiary/aromatic N) is 1. The van der Waals surface area contributed by atoms with E-state index >= 15 is 0 Å². The van der Waals surface area contributed by atoms with Crippen molar-refractivity contribution in [2.24, 2.45) is 0 Å². The molecule has 2 rings (SSSR count). The van der Waals surface area contributed by atoms with Crippen molar-refractivity contribution >= 4 is 16.8 Å². The third-order valence-corrected chi connectivity index (χ3v) is 3.75. The van der Waals surface area contributed by atoms with E-state index in [1.807, 2.05) is 11.8 Å². The predicted molar refractivity (Wildman–Crippen MR) is 83.9 cm³/mol. The van der Waals surface area contributed by atoms with Gasteiger partial charge in [0.25, 0.3) is 0 Å². The SMILES string of the molecule is CCCN(CCC)C(=O)Cc1c(C)[nH]c2ccc(F)cc12. The predicted octanol–water partition coefficient (Wildman–Crippen LogP) is 3.81. The van der Waals surface area contributed by atoms with E-state index in [9.17, 15) is 9.18 Å². The van der Waals surface area contributed by atoms with Gasteiger partial charge in [0.15, 0.2) is 0 Å². The van der Waals surface area contributed by atoms with Gasteiger partial charge < -0.3 is 9.88 Å². The highest BCUT2D eigenvalue weighted by Gasteiger charge is 2.17. The average molecular weight is 290 g/mol. The Kier molecular flexibility index (Phi) is 4.99. The highest BCUT2D eigenvalue weighted by molar-refractivity contribution is 5.90. The molecule has 21 heavy (non-hydrogen) atoms. The zero-order chi connectivity index (χ0) is 15.4. The van der Waals surface area contributed by atoms with E-state index < -0.39 is 0 Å². The molecule has 4 heteroatoms. The van der Waals surface area contributed by atoms with Crippen LogP contribution in [0.5, 0.6) is 0 Å². The second-order valence-electron chi connectivity index (χ2n) is 5.48. The van der Waals surface area contributed by atoms with E-state index in [1.165, 1.54) is 12.1 Å². The van der Waals surface area contributed by atoms with Gasteiger partial charge in [0.1, 0.15) is 5.82 Å². The largest absolute Gasteiger partial charge is 0.358 e. The molecule has 0 atom stereocenters. The molecule has 0 unspecified atom stereocenters. The summed E-state index contributed by atoms with van der Waals surface area (Å²) in [5.74, 6) is -0.152. The Labute approximate surface area is 125 Å². The molecule has 0 aliphatic rings. The Hall–Kier alpha value is -1.84. The molecule has 114 valence electrons. The van der Waals surface area contributed by atoms with Crippen molar-refractivity contribution in [2.45, 2.75) is 40.0 Å². The number of nitrogens with one attached hydrogen (secondary N) is 1. The molecule has 0 saturated heterocycles. The minimum Gasteiger partial charge on any atom is -0.358 e. The average Bonchev–Trinajstić information content (AvgIpc) is 2.75. The highest BCUT2D eigenvalue weighted by atomic mass is 19.1. The first-order valence-electron chi connectivity index (χ1n) is 7.61. The number of fused-ring (bicyclic) bond motifs is 1. The first-order chi connectivity index (χ1) is 10.1. The number of aromatic nitrogens is 1. The lowest BCUT2D eigenvalue weighted by molar-refractivity contribution is -0.130. The number of aryl methyl sites for hydroxylation is 1. The van der Waals surface area contributed by atoms with E-state index in [0.29, 0.717) is 6.42 Å². The number of amides is 1. The number of benzene rings is 1. The second-order valence-corrected chi connectivity index (χ2v) is 5.48. The fourth-order valence-corrected chi connectivity index (χ4v) is 2.75. The van der Waals surface area contributed by atoms with Gasteiger partial charge in [0.2, 0.25) is 5.91 Å². The lowest BCUT2D eigenvalue weighted by Gasteiger charge is -2.21. The topological polar surface area (TPSA) is 36.1 Å². The Balaban J connectivity index is 2.27. The van der Waals surface area contributed by atoms with Crippen molar-refractivity contribution in [1.29, 1.82) is 0 Å². The van der Waals surface area contributed by atoms with Gasteiger partial charge in [0.05, 0.1) is 6.42 Å². The maximum absolute atomic E-state index is 13.5. The van der Waals surface area contributed by atoms with Crippen LogP contribution in [0.4, 0.5) is 4.39 Å². The lowest BCUT2D eigenvalue weighted by atomic mass is 10.1. The van der Waals surface area contributed by atoms with E-state index in [4.69, 9.17) is 0 Å². The van der Waals surface area contributed by atoms with Crippen molar-refractivity contribution in [1.82, 2.24) is 9.88 Å². The van der Waals surface area contributed by atoms with Crippen LogP contribution in [0.25, 0.3) is 10.9 Å². The van der Waals surface area contributed by atoms with Crippen LogP contribution in [0.1, 0.15) is 37.9 Å². The zero-order valence-corrected chi connectivity index (χ0v) is 13.0. The lowest BCUT2D eigenvalue weighted by Crippen LogP contribution is -2.33. The van der Waals surface area contributed by atoms with Crippen LogP contribution in [0.2, 0.25) is 0 Å². The standard InChI is InChI=1S/C17H23FN2O/c1-4-8-20(9-5-2)17(21)11-14-12(3)19-16-7-6-13(18)10-15(14)16/h6-7,10,19H,4-5,8-9,11H2,1-3H3. The van der Waals surface area contributed by atoms with Crippen molar-refractivity contribution in [3.05, 3.63) is 35.3 Å². The van der Waals surface area contributed by atoms with Crippen LogP contribution in [0, 0.1) is 12.7 Å². The molecule has 0 bridgehead atoms. The monoisotopic (exact) mass is 290 g/mol. The number of carbonyl (C=O) groups is 1. The molecule has 0 radical (unpaired) electrons. The van der Waals surface area contributed by atoms with Gasteiger partial charge in [-0.15, -0.1) is 0 Å². The molecule has 0 fully saturated rings. The molecule has 0 saturated carbocycles. The third-order valence-electron chi connectivity index (χ3n) is 3.75. The number of rotatable bonds is 6. The highest BCUT2D eigenvalue weighted by Crippen LogP contribution is 2.24. The number of H-pyrrole nitrogens is 1. The molecular formula is C17H23FN2O. The van der Waals surface area contributed by atoms with Crippen molar-refractivity contribution in [3.63, 3.8) is 0 Å². The Morgan fingerprint density at radius 3 is 2.52 bits per heavy atom. The molecule has 1 aromatic heterocycles. The number of aromatic amines is 1. The van der Waals surface area contributed by atoms with Gasteiger partial charge in [-0.3, -0.25) is 4.79 Å². The van der Waals surface area contributed by atoms with Crippen LogP contribution in [-0.4, -0.2) is 28.9 Å². The normalized spacial score (nSPS) is 11.0. The molecule has 1 heterocycles. The van der Waals surface area contributed by atoms with Crippen LogP contribution < -0.4 is 0 Å². The van der Waals surface area contributed by atoms with Crippen LogP contribution in [0.3, 0.4) is 0 Å². The van der Waals surface area contributed by atoms with Crippen LogP contribution >= 0.6 is 0 Å². The second kappa shape index (κ2) is 6.74. The summed E-state index contributed by atoms with van der Waals surface area (Å²) in [7, 11) is 0. The van der Waals surface area contributed by atoms with Gasteiger partial charge >= 0.3 is 0 Å². The number of hydrogen-bond donors (Lipinski definition) is 1. The summed E-state index contributed by atoms with van der Waals surface area (Å²) in [5, 5.41) is 0.814. The minimum absolute atomic E-state index is 0.118. The molecule has 0 aliphatic heterocycles. The summed E-state index contributed by atoms with van der Waals surface area (Å²) in [6.07, 6.45) is 2.23. The molecule has 1 amide bonds. The quantitative estimate of drug-likeness (QED) is 0.863. The first-order valence-corrected chi connectivity index (χ1v) is 7.61. The smallest absolute Gasteiger partial charge is 0.227 e. The van der Waals surface area contributed by atoms with E-state index in [0.717, 1.165) is 48.1 Å². The van der Waals surface area contributed by atoms with Crippen LogP contribution in [-0.2, 0) is 11.2 Å². The van der Waals surface area contributed by atoms with Crippen molar-refractivity contribution in [2.75, 3.05) is 13.1 Å². The summed E-state index contributed by atoms with van der Waals surface area (Å²) < 4.78 is 13.5. The maximum Gasteiger partial charge on any atom is 0.227 e. The number of halogens is 1. The summed E-state index contributed by atoms with van der Waals surface area (Å²) in [6, 6.07) is 4.66. The van der Waals surface area contributed by atoms with E-state index in [-0.39, 0.29) is 11.7 Å². The minimum atomic E-state index is -0.269. The summed E-state index contributed by atoms with van der Waals surface area (Å²) in [4.78, 5) is 17.6. The van der Waals surface area contributed by atoms with Crippen molar-refractivity contribution < 1.29 is 9.18 Å². The van der Waals surface area contributed by atoms with Gasteiger partial charge in [0, 0.05) is 29.7 Å². The van der Waals surface area contributed by atoms with Gasteiger partial charge in [-0.2, -0.15) is 0 Å². The Morgan fingerprint density at radius 1 is 1.24 bits per heavy atom. The summed E-state index contributed by atoms with van der Waals surface area (Å²) in [5.41, 5.74) is 2.73. The molecule has 1 N–H and O–H groups in total. The molecular weight excluding hydrogens is 267 g/mol. The summed E-state index contributed by atoms with van der Waals surface area (Å²) >= 11 is 0.